The van der Waals surface area contributed by atoms with Crippen LogP contribution < -0.4 is 0 Å². The van der Waals surface area contributed by atoms with Crippen LogP contribution in [0.4, 0.5) is 0 Å². The summed E-state index contributed by atoms with van der Waals surface area (Å²) in [4.78, 5) is 0.306. The summed E-state index contributed by atoms with van der Waals surface area (Å²) in [7, 11) is -3.52. The van der Waals surface area contributed by atoms with Gasteiger partial charge in [0.25, 0.3) is 10.0 Å². The number of sulfonamides is 1. The van der Waals surface area contributed by atoms with E-state index in [0.29, 0.717) is 23.6 Å². The quantitative estimate of drug-likeness (QED) is 0.851. The Hall–Kier alpha value is -2.07. The molecule has 0 atom stereocenters. The molecule has 4 heteroatoms. The molecule has 1 heterocycles. The zero-order valence-electron chi connectivity index (χ0n) is 11.0. The normalized spacial score (nSPS) is 15.0. The fourth-order valence-electron chi connectivity index (χ4n) is 2.50. The number of hydrogen-bond acceptors (Lipinski definition) is 2. The van der Waals surface area contributed by atoms with E-state index in [4.69, 9.17) is 0 Å². The third-order valence-electron chi connectivity index (χ3n) is 3.54. The minimum absolute atomic E-state index is 0.306. The van der Waals surface area contributed by atoms with Crippen LogP contribution in [0.5, 0.6) is 0 Å². The van der Waals surface area contributed by atoms with Crippen LogP contribution in [0.1, 0.15) is 11.1 Å². The van der Waals surface area contributed by atoms with Gasteiger partial charge in [-0.1, -0.05) is 49.0 Å². The Morgan fingerprint density at radius 2 is 1.60 bits per heavy atom. The van der Waals surface area contributed by atoms with Crippen LogP contribution in [-0.4, -0.2) is 19.3 Å². The maximum atomic E-state index is 12.7. The molecule has 20 heavy (non-hydrogen) atoms. The smallest absolute Gasteiger partial charge is 0.264 e. The molecule has 0 N–H and O–H groups in total. The topological polar surface area (TPSA) is 37.4 Å². The Labute approximate surface area is 119 Å². The van der Waals surface area contributed by atoms with E-state index in [9.17, 15) is 8.42 Å². The van der Waals surface area contributed by atoms with Crippen molar-refractivity contribution in [2.75, 3.05) is 6.54 Å². The van der Waals surface area contributed by atoms with Crippen molar-refractivity contribution in [3.63, 3.8) is 0 Å². The molecule has 3 nitrogen and oxygen atoms in total. The van der Waals surface area contributed by atoms with E-state index < -0.39 is 10.0 Å². The van der Waals surface area contributed by atoms with Gasteiger partial charge in [0.1, 0.15) is 0 Å². The molecule has 0 saturated heterocycles. The molecule has 0 aliphatic carbocycles. The van der Waals surface area contributed by atoms with Gasteiger partial charge in [-0.25, -0.2) is 8.42 Å². The van der Waals surface area contributed by atoms with E-state index in [1.807, 2.05) is 24.3 Å². The molecule has 1 aliphatic rings. The average molecular weight is 285 g/mol. The Morgan fingerprint density at radius 1 is 0.950 bits per heavy atom. The van der Waals surface area contributed by atoms with Gasteiger partial charge in [-0.2, -0.15) is 0 Å². The van der Waals surface area contributed by atoms with Crippen molar-refractivity contribution >= 4 is 15.7 Å². The summed E-state index contributed by atoms with van der Waals surface area (Å²) >= 11 is 0. The fourth-order valence-corrected chi connectivity index (χ4v) is 3.97. The summed E-state index contributed by atoms with van der Waals surface area (Å²) in [5, 5.41) is 0. The second-order valence-corrected chi connectivity index (χ2v) is 6.61. The monoisotopic (exact) mass is 285 g/mol. The second kappa shape index (κ2) is 4.80. The first-order valence-corrected chi connectivity index (χ1v) is 7.90. The van der Waals surface area contributed by atoms with Crippen LogP contribution in [0.2, 0.25) is 0 Å². The van der Waals surface area contributed by atoms with Gasteiger partial charge in [-0.3, -0.25) is 4.31 Å². The van der Waals surface area contributed by atoms with E-state index in [-0.39, 0.29) is 0 Å². The second-order valence-electron chi connectivity index (χ2n) is 4.74. The predicted molar refractivity (Wildman–Crippen MR) is 79.5 cm³/mol. The first-order valence-electron chi connectivity index (χ1n) is 6.46. The van der Waals surface area contributed by atoms with Gasteiger partial charge >= 0.3 is 0 Å². The lowest BCUT2D eigenvalue weighted by Crippen LogP contribution is -2.34. The van der Waals surface area contributed by atoms with Crippen LogP contribution in [-0.2, 0) is 16.4 Å². The first-order chi connectivity index (χ1) is 9.60. The molecular weight excluding hydrogens is 270 g/mol. The molecule has 0 bridgehead atoms. The van der Waals surface area contributed by atoms with Crippen molar-refractivity contribution in [1.82, 2.24) is 4.31 Å². The third-order valence-corrected chi connectivity index (χ3v) is 5.40. The van der Waals surface area contributed by atoms with Crippen molar-refractivity contribution in [1.29, 1.82) is 0 Å². The Morgan fingerprint density at radius 3 is 2.35 bits per heavy atom. The number of hydrogen-bond donors (Lipinski definition) is 0. The average Bonchev–Trinajstić information content (AvgIpc) is 2.48. The number of nitrogens with zero attached hydrogens (tertiary/aromatic N) is 1. The standard InChI is InChI=1S/C16H15NO2S/c1-13-16-10-6-5-7-14(16)11-12-17(13)20(18,19)15-8-3-2-4-9-15/h2-10H,1,11-12H2. The SMILES string of the molecule is C=C1c2ccccc2CCN1S(=O)(=O)c1ccccc1. The number of rotatable bonds is 2. The van der Waals surface area contributed by atoms with Gasteiger partial charge in [0.15, 0.2) is 0 Å². The summed E-state index contributed by atoms with van der Waals surface area (Å²) in [6, 6.07) is 16.3. The van der Waals surface area contributed by atoms with E-state index >= 15 is 0 Å². The molecule has 0 unspecified atom stereocenters. The molecule has 1 aliphatic heterocycles. The van der Waals surface area contributed by atoms with Gasteiger partial charge < -0.3 is 0 Å². The Kier molecular flexibility index (Phi) is 3.10. The van der Waals surface area contributed by atoms with Crippen LogP contribution in [0.3, 0.4) is 0 Å². The maximum Gasteiger partial charge on any atom is 0.264 e. The van der Waals surface area contributed by atoms with Gasteiger partial charge in [-0.15, -0.1) is 0 Å². The summed E-state index contributed by atoms with van der Waals surface area (Å²) in [6.45, 7) is 4.41. The number of fused-ring (bicyclic) bond motifs is 1. The highest BCUT2D eigenvalue weighted by molar-refractivity contribution is 7.89. The van der Waals surface area contributed by atoms with Crippen molar-refractivity contribution in [2.45, 2.75) is 11.3 Å². The Balaban J connectivity index is 2.03. The minimum Gasteiger partial charge on any atom is -0.266 e. The van der Waals surface area contributed by atoms with E-state index in [0.717, 1.165) is 11.1 Å². The van der Waals surface area contributed by atoms with Crippen molar-refractivity contribution in [3.8, 4) is 0 Å². The predicted octanol–water partition coefficient (Wildman–Crippen LogP) is 2.90. The molecule has 0 amide bonds. The van der Waals surface area contributed by atoms with Crippen molar-refractivity contribution in [3.05, 3.63) is 72.3 Å². The molecular formula is C16H15NO2S. The molecule has 0 radical (unpaired) electrons. The third kappa shape index (κ3) is 2.02. The number of benzene rings is 2. The van der Waals surface area contributed by atoms with E-state index in [2.05, 4.69) is 6.58 Å². The molecule has 102 valence electrons. The van der Waals surface area contributed by atoms with Crippen LogP contribution >= 0.6 is 0 Å². The highest BCUT2D eigenvalue weighted by Gasteiger charge is 2.29. The van der Waals surface area contributed by atoms with Gasteiger partial charge in [0.05, 0.1) is 10.6 Å². The van der Waals surface area contributed by atoms with Crippen LogP contribution in [0, 0.1) is 0 Å². The van der Waals surface area contributed by atoms with Crippen LogP contribution in [0.25, 0.3) is 5.70 Å². The maximum absolute atomic E-state index is 12.7. The highest BCUT2D eigenvalue weighted by atomic mass is 32.2. The zero-order valence-corrected chi connectivity index (χ0v) is 11.8. The molecule has 2 aromatic carbocycles. The Bertz CT molecular complexity index is 751. The summed E-state index contributed by atoms with van der Waals surface area (Å²) in [5.74, 6) is 0. The fraction of sp³-hybridized carbons (Fsp3) is 0.125. The summed E-state index contributed by atoms with van der Waals surface area (Å²) in [6.07, 6.45) is 0.710. The largest absolute Gasteiger partial charge is 0.266 e. The lowest BCUT2D eigenvalue weighted by Gasteiger charge is -2.31. The van der Waals surface area contributed by atoms with Gasteiger partial charge in [0, 0.05) is 12.1 Å². The van der Waals surface area contributed by atoms with Gasteiger partial charge in [-0.05, 0) is 24.1 Å². The lowest BCUT2D eigenvalue weighted by atomic mass is 9.99. The first kappa shape index (κ1) is 12.9. The molecule has 0 aromatic heterocycles. The van der Waals surface area contributed by atoms with Crippen molar-refractivity contribution < 1.29 is 8.42 Å². The lowest BCUT2D eigenvalue weighted by molar-refractivity contribution is 0.504. The minimum atomic E-state index is -3.52. The van der Waals surface area contributed by atoms with E-state index in [1.54, 1.807) is 30.3 Å². The van der Waals surface area contributed by atoms with Crippen molar-refractivity contribution in [2.24, 2.45) is 0 Å². The summed E-state index contributed by atoms with van der Waals surface area (Å²) in [5.41, 5.74) is 2.62. The molecule has 0 fully saturated rings. The highest BCUT2D eigenvalue weighted by Crippen LogP contribution is 2.31. The van der Waals surface area contributed by atoms with Crippen LogP contribution in [0.15, 0.2) is 66.1 Å². The molecule has 2 aromatic rings. The molecule has 0 saturated carbocycles. The van der Waals surface area contributed by atoms with E-state index in [1.165, 1.54) is 4.31 Å². The summed E-state index contributed by atoms with van der Waals surface area (Å²) < 4.78 is 26.8. The molecule has 0 spiro atoms. The molecule has 3 rings (SSSR count). The zero-order chi connectivity index (χ0) is 14.2. The van der Waals surface area contributed by atoms with Gasteiger partial charge in [0.2, 0.25) is 0 Å².